The van der Waals surface area contributed by atoms with E-state index in [2.05, 4.69) is 24.3 Å². The minimum atomic E-state index is -0.179. The molecule has 0 saturated heterocycles. The molecule has 0 amide bonds. The Bertz CT molecular complexity index is 2800. The molecule has 0 fully saturated rings. The fourth-order valence-corrected chi connectivity index (χ4v) is 6.28. The van der Waals surface area contributed by atoms with Crippen molar-refractivity contribution >= 4 is 21.8 Å². The van der Waals surface area contributed by atoms with Crippen LogP contribution < -0.4 is 0 Å². The van der Waals surface area contributed by atoms with Crippen LogP contribution in [0.25, 0.3) is 83.9 Å². The molecule has 9 aromatic rings. The van der Waals surface area contributed by atoms with E-state index in [4.69, 9.17) is 23.2 Å². The lowest BCUT2D eigenvalue weighted by Gasteiger charge is -2.16. The highest BCUT2D eigenvalue weighted by Crippen LogP contribution is 2.38. The van der Waals surface area contributed by atoms with Crippen molar-refractivity contribution in [3.8, 4) is 62.1 Å². The largest absolute Gasteiger partial charge is 0.309 e. The van der Waals surface area contributed by atoms with Gasteiger partial charge in [0.15, 0.2) is 17.5 Å². The second-order valence-corrected chi connectivity index (χ2v) is 11.6. The molecule has 2 heterocycles. The van der Waals surface area contributed by atoms with E-state index in [1.807, 2.05) is 109 Å². The summed E-state index contributed by atoms with van der Waals surface area (Å²) < 4.78 is 54.9. The number of nitrogens with zero attached hydrogens (tertiary/aromatic N) is 4. The van der Waals surface area contributed by atoms with Gasteiger partial charge in [-0.05, 0) is 52.5 Å². The van der Waals surface area contributed by atoms with E-state index in [1.54, 1.807) is 4.57 Å². The zero-order chi connectivity index (χ0) is 37.8. The number of para-hydroxylation sites is 2. The van der Waals surface area contributed by atoms with Crippen molar-refractivity contribution in [2.45, 2.75) is 0 Å². The number of hydrogen-bond donors (Lipinski definition) is 0. The Kier molecular flexibility index (Phi) is 5.67. The molecule has 7 aromatic carbocycles. The average molecular weight is 633 g/mol. The highest BCUT2D eigenvalue weighted by atomic mass is 15.1. The van der Waals surface area contributed by atoms with Crippen molar-refractivity contribution in [2.24, 2.45) is 0 Å². The van der Waals surface area contributed by atoms with Crippen LogP contribution in [-0.4, -0.2) is 19.5 Å². The highest BCUT2D eigenvalue weighted by Gasteiger charge is 2.20. The normalized spacial score (nSPS) is 13.0. The summed E-state index contributed by atoms with van der Waals surface area (Å²) in [6.45, 7) is 0. The first-order valence-electron chi connectivity index (χ1n) is 19.0. The molecule has 0 aliphatic rings. The SMILES string of the molecule is [2H]c1cc([2H])c2c(c1[2H])c1c([2H])c([2H])cc([2H])c1n2-c1ccc(-c2cccc(-c3ccccc3)c2)cc1-c1nc(-c2ccccc2)nc(-c2ccccc2)n1. The summed E-state index contributed by atoms with van der Waals surface area (Å²) in [6.07, 6.45) is 0. The van der Waals surface area contributed by atoms with Crippen LogP contribution in [0.15, 0.2) is 182 Å². The summed E-state index contributed by atoms with van der Waals surface area (Å²) in [7, 11) is 0. The average Bonchev–Trinajstić information content (AvgIpc) is 3.60. The van der Waals surface area contributed by atoms with Gasteiger partial charge in [-0.3, -0.25) is 0 Å². The number of fused-ring (bicyclic) bond motifs is 3. The van der Waals surface area contributed by atoms with E-state index in [1.165, 1.54) is 12.1 Å². The molecule has 4 nitrogen and oxygen atoms in total. The van der Waals surface area contributed by atoms with Crippen molar-refractivity contribution in [1.29, 1.82) is 0 Å². The van der Waals surface area contributed by atoms with E-state index in [9.17, 15) is 0 Å². The van der Waals surface area contributed by atoms with E-state index < -0.39 is 0 Å². The molecular formula is C45H30N4. The number of hydrogen-bond acceptors (Lipinski definition) is 3. The summed E-state index contributed by atoms with van der Waals surface area (Å²) in [6, 6.07) is 45.4. The van der Waals surface area contributed by atoms with E-state index in [-0.39, 0.29) is 58.1 Å². The smallest absolute Gasteiger partial charge is 0.166 e. The highest BCUT2D eigenvalue weighted by molar-refractivity contribution is 6.09. The predicted octanol–water partition coefficient (Wildman–Crippen LogP) is 11.3. The van der Waals surface area contributed by atoms with Gasteiger partial charge in [0.25, 0.3) is 0 Å². The molecule has 0 atom stereocenters. The molecule has 0 bridgehead atoms. The minimum Gasteiger partial charge on any atom is -0.309 e. The van der Waals surface area contributed by atoms with E-state index in [0.29, 0.717) is 28.7 Å². The Labute approximate surface area is 293 Å². The van der Waals surface area contributed by atoms with Crippen LogP contribution in [0.1, 0.15) is 8.22 Å². The molecule has 0 radical (unpaired) electrons. The summed E-state index contributed by atoms with van der Waals surface area (Å²) in [4.78, 5) is 15.1. The van der Waals surface area contributed by atoms with Crippen molar-refractivity contribution in [3.63, 3.8) is 0 Å². The van der Waals surface area contributed by atoms with Crippen molar-refractivity contribution < 1.29 is 8.22 Å². The third kappa shape index (κ3) is 5.26. The molecule has 49 heavy (non-hydrogen) atoms. The van der Waals surface area contributed by atoms with Gasteiger partial charge in [0.1, 0.15) is 0 Å². The maximum atomic E-state index is 9.13. The Morgan fingerprint density at radius 1 is 0.388 bits per heavy atom. The Balaban J connectivity index is 1.40. The molecule has 0 aliphatic carbocycles. The fourth-order valence-electron chi connectivity index (χ4n) is 6.28. The summed E-state index contributed by atoms with van der Waals surface area (Å²) >= 11 is 0. The molecule has 0 aliphatic heterocycles. The number of rotatable bonds is 6. The van der Waals surface area contributed by atoms with Gasteiger partial charge in [-0.25, -0.2) is 15.0 Å². The minimum absolute atomic E-state index is 0.0475. The summed E-state index contributed by atoms with van der Waals surface area (Å²) in [5.41, 5.74) is 7.08. The van der Waals surface area contributed by atoms with Crippen LogP contribution in [0.5, 0.6) is 0 Å². The number of aromatic nitrogens is 4. The Hall–Kier alpha value is -6.65. The van der Waals surface area contributed by atoms with Gasteiger partial charge in [0, 0.05) is 27.5 Å². The zero-order valence-electron chi connectivity index (χ0n) is 32.1. The van der Waals surface area contributed by atoms with E-state index >= 15 is 0 Å². The molecule has 9 rings (SSSR count). The Morgan fingerprint density at radius 3 is 1.43 bits per heavy atom. The molecule has 4 heteroatoms. The molecule has 230 valence electrons. The van der Waals surface area contributed by atoms with Crippen LogP contribution in [0, 0.1) is 0 Å². The summed E-state index contributed by atoms with van der Waals surface area (Å²) in [5, 5.41) is 0.354. The second-order valence-electron chi connectivity index (χ2n) is 11.6. The zero-order valence-corrected chi connectivity index (χ0v) is 26.1. The van der Waals surface area contributed by atoms with Gasteiger partial charge < -0.3 is 4.57 Å². The Morgan fingerprint density at radius 2 is 0.857 bits per heavy atom. The van der Waals surface area contributed by atoms with Crippen molar-refractivity contribution in [3.05, 3.63) is 182 Å². The first-order chi connectivity index (χ1) is 26.8. The maximum Gasteiger partial charge on any atom is 0.166 e. The van der Waals surface area contributed by atoms with Gasteiger partial charge in [0.05, 0.1) is 24.9 Å². The molecule has 0 saturated carbocycles. The van der Waals surface area contributed by atoms with Crippen molar-refractivity contribution in [1.82, 2.24) is 19.5 Å². The molecule has 0 spiro atoms. The van der Waals surface area contributed by atoms with Gasteiger partial charge in [-0.2, -0.15) is 0 Å². The molecule has 0 N–H and O–H groups in total. The first kappa shape index (κ1) is 22.8. The third-order valence-corrected chi connectivity index (χ3v) is 8.61. The van der Waals surface area contributed by atoms with E-state index in [0.717, 1.165) is 33.4 Å². The maximum absolute atomic E-state index is 9.13. The van der Waals surface area contributed by atoms with Crippen LogP contribution in [0.3, 0.4) is 0 Å². The standard InChI is InChI=1S/C45H30N4/c1-4-15-31(16-5-1)34-21-14-22-35(29-34)36-27-28-42(49-40-25-12-10-23-37(40)38-24-11-13-26-41(38)49)39(30-36)45-47-43(32-17-6-2-7-18-32)46-44(48-45)33-19-8-3-9-20-33/h1-30H/i10D,11D,23D,24D,25D,26D. The van der Waals surface area contributed by atoms with Crippen LogP contribution in [-0.2, 0) is 0 Å². The van der Waals surface area contributed by atoms with Crippen LogP contribution >= 0.6 is 0 Å². The predicted molar refractivity (Wildman–Crippen MR) is 201 cm³/mol. The summed E-state index contributed by atoms with van der Waals surface area (Å²) in [5.74, 6) is 1.25. The molecular weight excluding hydrogens is 597 g/mol. The second kappa shape index (κ2) is 12.2. The quantitative estimate of drug-likeness (QED) is 0.183. The first-order valence-corrected chi connectivity index (χ1v) is 16.0. The topological polar surface area (TPSA) is 43.6 Å². The molecule has 2 aromatic heterocycles. The fraction of sp³-hybridized carbons (Fsp3) is 0. The van der Waals surface area contributed by atoms with Crippen LogP contribution in [0.4, 0.5) is 0 Å². The third-order valence-electron chi connectivity index (χ3n) is 8.61. The monoisotopic (exact) mass is 632 g/mol. The van der Waals surface area contributed by atoms with Gasteiger partial charge in [-0.1, -0.05) is 152 Å². The lowest BCUT2D eigenvalue weighted by Crippen LogP contribution is -2.04. The van der Waals surface area contributed by atoms with Crippen molar-refractivity contribution in [2.75, 3.05) is 0 Å². The lowest BCUT2D eigenvalue weighted by molar-refractivity contribution is 1.06. The van der Waals surface area contributed by atoms with Gasteiger partial charge in [0.2, 0.25) is 0 Å². The van der Waals surface area contributed by atoms with Gasteiger partial charge >= 0.3 is 0 Å². The molecule has 0 unspecified atom stereocenters. The number of benzene rings is 7. The lowest BCUT2D eigenvalue weighted by atomic mass is 9.97. The van der Waals surface area contributed by atoms with Gasteiger partial charge in [-0.15, -0.1) is 0 Å². The van der Waals surface area contributed by atoms with Crippen LogP contribution in [0.2, 0.25) is 0 Å².